The van der Waals surface area contributed by atoms with Gasteiger partial charge in [-0.3, -0.25) is 4.79 Å². The molecular formula is C25H23N3O3S. The minimum Gasteiger partial charge on any atom is -0.497 e. The molecular weight excluding hydrogens is 422 g/mol. The molecule has 0 N–H and O–H groups in total. The van der Waals surface area contributed by atoms with Gasteiger partial charge in [-0.05, 0) is 35.4 Å². The molecule has 3 aromatic carbocycles. The van der Waals surface area contributed by atoms with Gasteiger partial charge in [-0.15, -0.1) is 10.2 Å². The number of hydrogen-bond acceptors (Lipinski definition) is 6. The summed E-state index contributed by atoms with van der Waals surface area (Å²) in [6, 6.07) is 27.3. The largest absolute Gasteiger partial charge is 0.497 e. The number of methoxy groups -OCH3 is 1. The van der Waals surface area contributed by atoms with Crippen LogP contribution in [0.4, 0.5) is 5.69 Å². The molecule has 4 rings (SSSR count). The third kappa shape index (κ3) is 5.76. The molecule has 1 heterocycles. The predicted molar refractivity (Wildman–Crippen MR) is 125 cm³/mol. The Labute approximate surface area is 191 Å². The summed E-state index contributed by atoms with van der Waals surface area (Å²) >= 11 is 1.25. The molecule has 0 aliphatic carbocycles. The lowest BCUT2D eigenvalue weighted by molar-refractivity contribution is -0.116. The van der Waals surface area contributed by atoms with Crippen molar-refractivity contribution in [1.29, 1.82) is 0 Å². The standard InChI is InChI=1S/C25H23N3O3S/c1-30-22-14-12-19(13-15-22)16-23-26-27-25(31-23)32-18-24(29)28(21-10-6-3-7-11-21)17-20-8-4-2-5-9-20/h2-15H,16-18H2,1H3. The Morgan fingerprint density at radius 1 is 0.906 bits per heavy atom. The maximum Gasteiger partial charge on any atom is 0.277 e. The lowest BCUT2D eigenvalue weighted by Crippen LogP contribution is -2.31. The highest BCUT2D eigenvalue weighted by Crippen LogP contribution is 2.22. The number of carbonyl (C=O) groups excluding carboxylic acids is 1. The molecule has 0 atom stereocenters. The van der Waals surface area contributed by atoms with E-state index in [1.54, 1.807) is 12.0 Å². The fraction of sp³-hybridized carbons (Fsp3) is 0.160. The van der Waals surface area contributed by atoms with E-state index >= 15 is 0 Å². The second-order valence-electron chi connectivity index (χ2n) is 7.08. The number of nitrogens with zero attached hydrogens (tertiary/aromatic N) is 3. The number of aromatic nitrogens is 2. The Morgan fingerprint density at radius 3 is 2.28 bits per heavy atom. The molecule has 0 fully saturated rings. The molecule has 7 heteroatoms. The van der Waals surface area contributed by atoms with Gasteiger partial charge in [0.05, 0.1) is 25.8 Å². The van der Waals surface area contributed by atoms with E-state index in [1.807, 2.05) is 84.9 Å². The number of ether oxygens (including phenoxy) is 1. The molecule has 0 aliphatic rings. The molecule has 0 spiro atoms. The Hall–Kier alpha value is -3.58. The van der Waals surface area contributed by atoms with Crippen molar-refractivity contribution >= 4 is 23.4 Å². The van der Waals surface area contributed by atoms with E-state index in [-0.39, 0.29) is 11.7 Å². The van der Waals surface area contributed by atoms with Crippen molar-refractivity contribution in [2.75, 3.05) is 17.8 Å². The van der Waals surface area contributed by atoms with E-state index in [9.17, 15) is 4.79 Å². The molecule has 32 heavy (non-hydrogen) atoms. The Bertz CT molecular complexity index is 1130. The normalized spacial score (nSPS) is 10.7. The minimum atomic E-state index is -0.0278. The number of rotatable bonds is 9. The van der Waals surface area contributed by atoms with Crippen molar-refractivity contribution in [3.8, 4) is 5.75 Å². The van der Waals surface area contributed by atoms with Crippen LogP contribution < -0.4 is 9.64 Å². The maximum atomic E-state index is 13.1. The minimum absolute atomic E-state index is 0.0278. The number of anilines is 1. The Kier molecular flexibility index (Phi) is 7.19. The second-order valence-corrected chi connectivity index (χ2v) is 8.00. The van der Waals surface area contributed by atoms with Gasteiger partial charge in [0.2, 0.25) is 11.8 Å². The first-order valence-corrected chi connectivity index (χ1v) is 11.2. The van der Waals surface area contributed by atoms with E-state index in [0.717, 1.165) is 22.6 Å². The molecule has 0 saturated heterocycles. The van der Waals surface area contributed by atoms with Crippen molar-refractivity contribution in [2.24, 2.45) is 0 Å². The van der Waals surface area contributed by atoms with Crippen LogP contribution in [-0.4, -0.2) is 29.0 Å². The quantitative estimate of drug-likeness (QED) is 0.338. The van der Waals surface area contributed by atoms with Gasteiger partial charge < -0.3 is 14.1 Å². The summed E-state index contributed by atoms with van der Waals surface area (Å²) in [5.41, 5.74) is 2.96. The van der Waals surface area contributed by atoms with E-state index in [4.69, 9.17) is 9.15 Å². The van der Waals surface area contributed by atoms with Crippen LogP contribution in [0.3, 0.4) is 0 Å². The third-order valence-electron chi connectivity index (χ3n) is 4.83. The third-order valence-corrected chi connectivity index (χ3v) is 5.64. The monoisotopic (exact) mass is 445 g/mol. The SMILES string of the molecule is COc1ccc(Cc2nnc(SCC(=O)N(Cc3ccccc3)c3ccccc3)o2)cc1. The fourth-order valence-electron chi connectivity index (χ4n) is 3.18. The van der Waals surface area contributed by atoms with Crippen LogP contribution in [-0.2, 0) is 17.8 Å². The van der Waals surface area contributed by atoms with Crippen LogP contribution in [0.1, 0.15) is 17.0 Å². The van der Waals surface area contributed by atoms with Crippen molar-refractivity contribution in [3.63, 3.8) is 0 Å². The van der Waals surface area contributed by atoms with E-state index in [2.05, 4.69) is 10.2 Å². The first-order chi connectivity index (χ1) is 15.7. The van der Waals surface area contributed by atoms with Crippen LogP contribution in [0.2, 0.25) is 0 Å². The number of para-hydroxylation sites is 1. The highest BCUT2D eigenvalue weighted by atomic mass is 32.2. The predicted octanol–water partition coefficient (Wildman–Crippen LogP) is 4.99. The van der Waals surface area contributed by atoms with E-state index < -0.39 is 0 Å². The first kappa shape index (κ1) is 21.6. The molecule has 1 amide bonds. The van der Waals surface area contributed by atoms with Crippen molar-refractivity contribution < 1.29 is 13.9 Å². The Balaban J connectivity index is 1.39. The van der Waals surface area contributed by atoms with E-state index in [0.29, 0.717) is 24.1 Å². The number of hydrogen-bond donors (Lipinski definition) is 0. The summed E-state index contributed by atoms with van der Waals surface area (Å²) in [4.78, 5) is 14.9. The summed E-state index contributed by atoms with van der Waals surface area (Å²) in [6.07, 6.45) is 0.523. The van der Waals surface area contributed by atoms with Crippen molar-refractivity contribution in [3.05, 3.63) is 102 Å². The van der Waals surface area contributed by atoms with Crippen molar-refractivity contribution in [2.45, 2.75) is 18.2 Å². The molecule has 0 aliphatic heterocycles. The lowest BCUT2D eigenvalue weighted by Gasteiger charge is -2.22. The van der Waals surface area contributed by atoms with Gasteiger partial charge in [-0.2, -0.15) is 0 Å². The molecule has 0 saturated carbocycles. The van der Waals surface area contributed by atoms with Gasteiger partial charge in [0.25, 0.3) is 5.22 Å². The second kappa shape index (κ2) is 10.6. The molecule has 0 unspecified atom stereocenters. The first-order valence-electron chi connectivity index (χ1n) is 10.2. The van der Waals surface area contributed by atoms with Crippen LogP contribution >= 0.6 is 11.8 Å². The van der Waals surface area contributed by atoms with Gasteiger partial charge in [0.15, 0.2) is 0 Å². The zero-order chi connectivity index (χ0) is 22.2. The average molecular weight is 446 g/mol. The summed E-state index contributed by atoms with van der Waals surface area (Å²) in [6.45, 7) is 0.497. The molecule has 1 aromatic heterocycles. The summed E-state index contributed by atoms with van der Waals surface area (Å²) in [5.74, 6) is 1.48. The summed E-state index contributed by atoms with van der Waals surface area (Å²) in [5, 5.41) is 8.58. The zero-order valence-electron chi connectivity index (χ0n) is 17.7. The van der Waals surface area contributed by atoms with Crippen LogP contribution in [0.15, 0.2) is 94.6 Å². The Morgan fingerprint density at radius 2 is 1.59 bits per heavy atom. The maximum absolute atomic E-state index is 13.1. The molecule has 0 radical (unpaired) electrons. The van der Waals surface area contributed by atoms with Gasteiger partial charge >= 0.3 is 0 Å². The average Bonchev–Trinajstić information content (AvgIpc) is 3.30. The van der Waals surface area contributed by atoms with Crippen LogP contribution in [0.5, 0.6) is 5.75 Å². The van der Waals surface area contributed by atoms with Gasteiger partial charge in [-0.25, -0.2) is 0 Å². The summed E-state index contributed by atoms with van der Waals surface area (Å²) in [7, 11) is 1.64. The number of carbonyl (C=O) groups is 1. The van der Waals surface area contributed by atoms with Crippen molar-refractivity contribution in [1.82, 2.24) is 10.2 Å². The topological polar surface area (TPSA) is 68.5 Å². The molecule has 6 nitrogen and oxygen atoms in total. The number of benzene rings is 3. The lowest BCUT2D eigenvalue weighted by atomic mass is 10.1. The smallest absolute Gasteiger partial charge is 0.277 e. The van der Waals surface area contributed by atoms with Crippen LogP contribution in [0, 0.1) is 0 Å². The number of amides is 1. The molecule has 0 bridgehead atoms. The van der Waals surface area contributed by atoms with Gasteiger partial charge in [-0.1, -0.05) is 72.4 Å². The summed E-state index contributed by atoms with van der Waals surface area (Å²) < 4.78 is 10.9. The van der Waals surface area contributed by atoms with Gasteiger partial charge in [0, 0.05) is 5.69 Å². The molecule has 4 aromatic rings. The molecule has 162 valence electrons. The highest BCUT2D eigenvalue weighted by molar-refractivity contribution is 7.99. The van der Waals surface area contributed by atoms with Gasteiger partial charge in [0.1, 0.15) is 5.75 Å². The van der Waals surface area contributed by atoms with Crippen LogP contribution in [0.25, 0.3) is 0 Å². The number of thioether (sulfide) groups is 1. The zero-order valence-corrected chi connectivity index (χ0v) is 18.5. The fourth-order valence-corrected chi connectivity index (χ4v) is 3.84. The highest BCUT2D eigenvalue weighted by Gasteiger charge is 2.18. The van der Waals surface area contributed by atoms with E-state index in [1.165, 1.54) is 11.8 Å².